The first-order valence-electron chi connectivity index (χ1n) is 7.43. The summed E-state index contributed by atoms with van der Waals surface area (Å²) in [6.45, 7) is 2.09. The van der Waals surface area contributed by atoms with Crippen molar-refractivity contribution in [2.75, 3.05) is 33.4 Å². The zero-order chi connectivity index (χ0) is 17.8. The van der Waals surface area contributed by atoms with E-state index in [0.717, 1.165) is 38.1 Å². The molecule has 25 heavy (non-hydrogen) atoms. The molecule has 1 aromatic carbocycles. The van der Waals surface area contributed by atoms with Crippen LogP contribution in [0.1, 0.15) is 12.8 Å². The monoisotopic (exact) mass is 413 g/mol. The molecule has 1 fully saturated rings. The lowest BCUT2D eigenvalue weighted by Gasteiger charge is -2.37. The number of nitrogens with one attached hydrogen (secondary N) is 2. The Bertz CT molecular complexity index is 703. The molecule has 0 amide bonds. The lowest BCUT2D eigenvalue weighted by molar-refractivity contribution is -0.387. The third-order valence-corrected chi connectivity index (χ3v) is 5.83. The molecule has 2 N–H and O–H groups in total. The quantitative estimate of drug-likeness (QED) is 0.521. The maximum Gasteiger partial charge on any atom is 0.289 e. The third kappa shape index (κ3) is 5.50. The molecule has 2 rings (SSSR count). The SMILES string of the molecule is COCC1(CNS(=O)(=O)c2cc(Cl)ccc2[N+](=O)[O-])CCNCC1.Cl. The molecule has 1 aromatic rings. The Labute approximate surface area is 157 Å². The number of nitro groups is 1. The number of benzene rings is 1. The second kappa shape index (κ2) is 9.11. The van der Waals surface area contributed by atoms with Crippen molar-refractivity contribution in [2.45, 2.75) is 17.7 Å². The summed E-state index contributed by atoms with van der Waals surface area (Å²) in [7, 11) is -2.50. The van der Waals surface area contributed by atoms with E-state index in [2.05, 4.69) is 10.0 Å². The van der Waals surface area contributed by atoms with Gasteiger partial charge in [-0.1, -0.05) is 11.6 Å². The molecular weight excluding hydrogens is 393 g/mol. The van der Waals surface area contributed by atoms with Crippen LogP contribution in [-0.4, -0.2) is 46.7 Å². The predicted molar refractivity (Wildman–Crippen MR) is 97.0 cm³/mol. The van der Waals surface area contributed by atoms with E-state index < -0.39 is 25.5 Å². The number of piperidine rings is 1. The van der Waals surface area contributed by atoms with Crippen molar-refractivity contribution in [3.05, 3.63) is 33.3 Å². The lowest BCUT2D eigenvalue weighted by atomic mass is 9.80. The van der Waals surface area contributed by atoms with Crippen LogP contribution in [0.4, 0.5) is 5.69 Å². The lowest BCUT2D eigenvalue weighted by Crippen LogP contribution is -2.47. The summed E-state index contributed by atoms with van der Waals surface area (Å²) in [4.78, 5) is 9.93. The van der Waals surface area contributed by atoms with Gasteiger partial charge in [0.2, 0.25) is 10.0 Å². The fourth-order valence-electron chi connectivity index (χ4n) is 2.82. The van der Waals surface area contributed by atoms with Gasteiger partial charge in [-0.15, -0.1) is 12.4 Å². The van der Waals surface area contributed by atoms with E-state index in [9.17, 15) is 18.5 Å². The molecule has 142 valence electrons. The Morgan fingerprint density at radius 1 is 1.40 bits per heavy atom. The molecule has 0 radical (unpaired) electrons. The van der Waals surface area contributed by atoms with E-state index >= 15 is 0 Å². The molecule has 0 atom stereocenters. The summed E-state index contributed by atoms with van der Waals surface area (Å²) >= 11 is 5.81. The maximum atomic E-state index is 12.6. The van der Waals surface area contributed by atoms with E-state index in [4.69, 9.17) is 16.3 Å². The highest BCUT2D eigenvalue weighted by Gasteiger charge is 2.35. The standard InChI is InChI=1S/C14H20ClN3O5S.ClH/c1-23-10-14(4-6-16-7-5-14)9-17-24(21,22)13-8-11(15)2-3-12(13)18(19)20;/h2-3,8,16-17H,4-7,9-10H2,1H3;1H. The zero-order valence-corrected chi connectivity index (χ0v) is 16.0. The number of ether oxygens (including phenoxy) is 1. The number of halogens is 2. The largest absolute Gasteiger partial charge is 0.384 e. The first-order valence-corrected chi connectivity index (χ1v) is 9.29. The van der Waals surface area contributed by atoms with Crippen molar-refractivity contribution in [3.63, 3.8) is 0 Å². The molecule has 8 nitrogen and oxygen atoms in total. The molecular formula is C14H21Cl2N3O5S. The van der Waals surface area contributed by atoms with Gasteiger partial charge in [0.25, 0.3) is 5.69 Å². The zero-order valence-electron chi connectivity index (χ0n) is 13.7. The van der Waals surface area contributed by atoms with Gasteiger partial charge in [0, 0.05) is 30.2 Å². The van der Waals surface area contributed by atoms with Crippen molar-refractivity contribution in [1.82, 2.24) is 10.0 Å². The van der Waals surface area contributed by atoms with Crippen LogP contribution in [0.3, 0.4) is 0 Å². The topological polar surface area (TPSA) is 111 Å². The van der Waals surface area contributed by atoms with Gasteiger partial charge in [0.1, 0.15) is 0 Å². The second-order valence-electron chi connectivity index (χ2n) is 5.88. The summed E-state index contributed by atoms with van der Waals surface area (Å²) in [6, 6.07) is 3.47. The van der Waals surface area contributed by atoms with Crippen LogP contribution in [0.15, 0.2) is 23.1 Å². The van der Waals surface area contributed by atoms with Gasteiger partial charge in [0.05, 0.1) is 11.5 Å². The number of hydrogen-bond acceptors (Lipinski definition) is 6. The van der Waals surface area contributed by atoms with Gasteiger partial charge in [-0.25, -0.2) is 13.1 Å². The molecule has 1 aliphatic rings. The van der Waals surface area contributed by atoms with Crippen molar-refractivity contribution >= 4 is 39.7 Å². The van der Waals surface area contributed by atoms with Crippen molar-refractivity contribution in [1.29, 1.82) is 0 Å². The predicted octanol–water partition coefficient (Wildman–Crippen LogP) is 1.96. The Kier molecular flexibility index (Phi) is 8.04. The number of hydrogen-bond donors (Lipinski definition) is 2. The van der Waals surface area contributed by atoms with Crippen LogP contribution >= 0.6 is 24.0 Å². The summed E-state index contributed by atoms with van der Waals surface area (Å²) in [6.07, 6.45) is 1.50. The smallest absolute Gasteiger partial charge is 0.289 e. The molecule has 0 saturated carbocycles. The fourth-order valence-corrected chi connectivity index (χ4v) is 4.40. The van der Waals surface area contributed by atoms with E-state index in [1.165, 1.54) is 6.07 Å². The molecule has 0 aliphatic carbocycles. The van der Waals surface area contributed by atoms with Gasteiger partial charge in [-0.2, -0.15) is 0 Å². The van der Waals surface area contributed by atoms with Crippen molar-refractivity contribution in [2.24, 2.45) is 5.41 Å². The van der Waals surface area contributed by atoms with Gasteiger partial charge >= 0.3 is 0 Å². The Balaban J connectivity index is 0.00000312. The molecule has 1 saturated heterocycles. The minimum atomic E-state index is -4.07. The summed E-state index contributed by atoms with van der Waals surface area (Å²) in [5.41, 5.74) is -0.835. The number of nitro benzene ring substituents is 1. The Morgan fingerprint density at radius 2 is 2.04 bits per heavy atom. The van der Waals surface area contributed by atoms with E-state index in [1.54, 1.807) is 7.11 Å². The van der Waals surface area contributed by atoms with Crippen LogP contribution in [0.2, 0.25) is 5.02 Å². The molecule has 0 spiro atoms. The second-order valence-corrected chi connectivity index (χ2v) is 8.05. The van der Waals surface area contributed by atoms with Crippen LogP contribution in [-0.2, 0) is 14.8 Å². The number of sulfonamides is 1. The number of rotatable bonds is 7. The molecule has 0 aromatic heterocycles. The van der Waals surface area contributed by atoms with E-state index in [-0.39, 0.29) is 29.4 Å². The molecule has 0 bridgehead atoms. The van der Waals surface area contributed by atoms with Crippen molar-refractivity contribution < 1.29 is 18.1 Å². The van der Waals surface area contributed by atoms with Crippen molar-refractivity contribution in [3.8, 4) is 0 Å². The molecule has 11 heteroatoms. The first-order chi connectivity index (χ1) is 11.3. The summed E-state index contributed by atoms with van der Waals surface area (Å²) in [5.74, 6) is 0. The van der Waals surface area contributed by atoms with E-state index in [0.29, 0.717) is 6.61 Å². The Hall–Kier alpha value is -0.970. The Morgan fingerprint density at radius 3 is 2.60 bits per heavy atom. The highest BCUT2D eigenvalue weighted by molar-refractivity contribution is 7.89. The highest BCUT2D eigenvalue weighted by Crippen LogP contribution is 2.31. The average molecular weight is 414 g/mol. The molecule has 1 heterocycles. The molecule has 1 aliphatic heterocycles. The van der Waals surface area contributed by atoms with Gasteiger partial charge < -0.3 is 10.1 Å². The van der Waals surface area contributed by atoms with Crippen LogP contribution in [0.5, 0.6) is 0 Å². The third-order valence-electron chi connectivity index (χ3n) is 4.16. The van der Waals surface area contributed by atoms with Gasteiger partial charge in [-0.05, 0) is 38.1 Å². The average Bonchev–Trinajstić information content (AvgIpc) is 2.54. The van der Waals surface area contributed by atoms with Gasteiger partial charge in [-0.3, -0.25) is 10.1 Å². The fraction of sp³-hybridized carbons (Fsp3) is 0.571. The summed E-state index contributed by atoms with van der Waals surface area (Å²) in [5, 5.41) is 14.4. The minimum Gasteiger partial charge on any atom is -0.384 e. The van der Waals surface area contributed by atoms with Crippen LogP contribution < -0.4 is 10.0 Å². The molecule has 0 unspecified atom stereocenters. The van der Waals surface area contributed by atoms with E-state index in [1.807, 2.05) is 0 Å². The minimum absolute atomic E-state index is 0. The van der Waals surface area contributed by atoms with Crippen LogP contribution in [0, 0.1) is 15.5 Å². The highest BCUT2D eigenvalue weighted by atomic mass is 35.5. The van der Waals surface area contributed by atoms with Gasteiger partial charge in [0.15, 0.2) is 4.90 Å². The number of methoxy groups -OCH3 is 1. The number of nitrogens with zero attached hydrogens (tertiary/aromatic N) is 1. The maximum absolute atomic E-state index is 12.6. The van der Waals surface area contributed by atoms with Crippen LogP contribution in [0.25, 0.3) is 0 Å². The summed E-state index contributed by atoms with van der Waals surface area (Å²) < 4.78 is 32.9. The first kappa shape index (κ1) is 22.1. The normalized spacial score (nSPS) is 16.9.